The minimum atomic E-state index is -1.31. The van der Waals surface area contributed by atoms with Gasteiger partial charge >= 0.3 is 5.97 Å². The van der Waals surface area contributed by atoms with Gasteiger partial charge in [0.1, 0.15) is 28.9 Å². The Hall–Kier alpha value is -2.56. The van der Waals surface area contributed by atoms with Crippen molar-refractivity contribution in [2.75, 3.05) is 25.0 Å². The molecule has 0 aromatic carbocycles. The Kier molecular flexibility index (Phi) is 7.81. The van der Waals surface area contributed by atoms with Gasteiger partial charge in [0.2, 0.25) is 11.9 Å². The minimum Gasteiger partial charge on any atom is -0.481 e. The van der Waals surface area contributed by atoms with Gasteiger partial charge in [0.15, 0.2) is 11.9 Å². The number of carboxylic acid groups (broad SMARTS) is 1. The van der Waals surface area contributed by atoms with Crippen molar-refractivity contribution in [3.8, 4) is 0 Å². The summed E-state index contributed by atoms with van der Waals surface area (Å²) in [4.78, 5) is 35.1. The number of carbonyl (C=O) groups excluding carboxylic acids is 1. The third-order valence-electron chi connectivity index (χ3n) is 4.91. The Bertz CT molecular complexity index is 974. The lowest BCUT2D eigenvalue weighted by Crippen LogP contribution is -2.42. The minimum absolute atomic E-state index is 0.0301. The molecule has 176 valence electrons. The number of imidazole rings is 1. The van der Waals surface area contributed by atoms with Gasteiger partial charge in [-0.2, -0.15) is 4.98 Å². The predicted molar refractivity (Wildman–Crippen MR) is 112 cm³/mol. The van der Waals surface area contributed by atoms with Gasteiger partial charge in [-0.1, -0.05) is 0 Å². The van der Waals surface area contributed by atoms with Gasteiger partial charge in [-0.25, -0.2) is 9.97 Å². The third-order valence-corrected chi connectivity index (χ3v) is 5.22. The lowest BCUT2D eigenvalue weighted by Gasteiger charge is -2.17. The average Bonchev–Trinajstić information content (AvgIpc) is 3.30. The Morgan fingerprint density at radius 3 is 2.69 bits per heavy atom. The Morgan fingerprint density at radius 1 is 1.28 bits per heavy atom. The number of aromatic nitrogens is 4. The maximum absolute atomic E-state index is 11.9. The number of aliphatic hydroxyl groups is 3. The second-order valence-electron chi connectivity index (χ2n) is 7.18. The Morgan fingerprint density at radius 2 is 2.03 bits per heavy atom. The number of anilines is 1. The summed E-state index contributed by atoms with van der Waals surface area (Å²) in [6, 6.07) is -0.923. The fourth-order valence-electron chi connectivity index (χ4n) is 3.18. The topological polar surface area (TPSA) is 218 Å². The standard InChI is InChI=1S/C17H25N7O7S/c18-7(1-2-9(26)27)14(30)19-3-4-20-17-22-13-10(15(32)23-17)21-6-24(13)16-12(29)11(28)8(5-25)31-16/h6-8,11-12,16,25,28-29H,1-5,18H2,(H,19,30)(H,26,27)(H2,20,22,23,32)/t7?,8-,11?,12?,16-/m1/s1. The molecule has 2 aromatic heterocycles. The van der Waals surface area contributed by atoms with E-state index < -0.39 is 49.1 Å². The largest absolute Gasteiger partial charge is 0.481 e. The molecule has 8 N–H and O–H groups in total. The summed E-state index contributed by atoms with van der Waals surface area (Å²) in [5, 5.41) is 43.9. The monoisotopic (exact) mass is 471 g/mol. The molecule has 1 aliphatic rings. The van der Waals surface area contributed by atoms with Crippen molar-refractivity contribution in [1.82, 2.24) is 24.8 Å². The molecule has 1 saturated heterocycles. The zero-order valence-corrected chi connectivity index (χ0v) is 17.7. The SMILES string of the molecule is NC(CCC(=O)O)C(=O)NCCNc1nc(S)c2ncn([C@@H]3O[C@H](CO)C(O)C3O)c2n1. The molecule has 0 bridgehead atoms. The number of fused-ring (bicyclic) bond motifs is 1. The van der Waals surface area contributed by atoms with Crippen molar-refractivity contribution in [2.45, 2.75) is 48.4 Å². The highest BCUT2D eigenvalue weighted by molar-refractivity contribution is 7.80. The second kappa shape index (κ2) is 10.4. The van der Waals surface area contributed by atoms with Gasteiger partial charge in [0.25, 0.3) is 0 Å². The summed E-state index contributed by atoms with van der Waals surface area (Å²) in [5.41, 5.74) is 6.26. The quantitative estimate of drug-likeness (QED) is 0.102. The lowest BCUT2D eigenvalue weighted by molar-refractivity contribution is -0.137. The van der Waals surface area contributed by atoms with E-state index in [-0.39, 0.29) is 42.6 Å². The van der Waals surface area contributed by atoms with Gasteiger partial charge in [-0.05, 0) is 6.42 Å². The van der Waals surface area contributed by atoms with E-state index in [1.54, 1.807) is 0 Å². The molecule has 5 atom stereocenters. The first-order valence-corrected chi connectivity index (χ1v) is 10.2. The number of nitrogens with one attached hydrogen (secondary N) is 2. The predicted octanol–water partition coefficient (Wildman–Crippen LogP) is -2.55. The van der Waals surface area contributed by atoms with Gasteiger partial charge in [-0.3, -0.25) is 14.2 Å². The van der Waals surface area contributed by atoms with E-state index in [9.17, 15) is 24.9 Å². The molecule has 1 amide bonds. The molecule has 3 rings (SSSR count). The normalized spacial score (nSPS) is 23.9. The highest BCUT2D eigenvalue weighted by Gasteiger charge is 2.44. The molecular weight excluding hydrogens is 446 g/mol. The first kappa shape index (κ1) is 24.1. The van der Waals surface area contributed by atoms with Crippen LogP contribution in [0.1, 0.15) is 19.1 Å². The van der Waals surface area contributed by atoms with Crippen LogP contribution in [0, 0.1) is 0 Å². The van der Waals surface area contributed by atoms with Crippen molar-refractivity contribution < 1.29 is 34.8 Å². The number of aliphatic hydroxyl groups excluding tert-OH is 3. The van der Waals surface area contributed by atoms with Crippen LogP contribution in [0.4, 0.5) is 5.95 Å². The van der Waals surface area contributed by atoms with E-state index in [0.29, 0.717) is 5.52 Å². The summed E-state index contributed by atoms with van der Waals surface area (Å²) in [5.74, 6) is -1.33. The molecule has 0 radical (unpaired) electrons. The number of nitrogens with two attached hydrogens (primary N) is 1. The number of hydrogen-bond acceptors (Lipinski definition) is 12. The van der Waals surface area contributed by atoms with Crippen molar-refractivity contribution in [2.24, 2.45) is 5.73 Å². The molecule has 0 spiro atoms. The van der Waals surface area contributed by atoms with Gasteiger partial charge < -0.3 is 41.5 Å². The van der Waals surface area contributed by atoms with Crippen LogP contribution >= 0.6 is 12.6 Å². The van der Waals surface area contributed by atoms with Crippen LogP contribution in [-0.4, -0.2) is 95.9 Å². The van der Waals surface area contributed by atoms with Crippen molar-refractivity contribution in [1.29, 1.82) is 0 Å². The highest BCUT2D eigenvalue weighted by atomic mass is 32.1. The highest BCUT2D eigenvalue weighted by Crippen LogP contribution is 2.32. The van der Waals surface area contributed by atoms with Crippen LogP contribution in [0.2, 0.25) is 0 Å². The number of carboxylic acids is 1. The van der Waals surface area contributed by atoms with Gasteiger partial charge in [-0.15, -0.1) is 12.6 Å². The zero-order chi connectivity index (χ0) is 23.4. The van der Waals surface area contributed by atoms with Crippen molar-refractivity contribution in [3.63, 3.8) is 0 Å². The van der Waals surface area contributed by atoms with Crippen molar-refractivity contribution in [3.05, 3.63) is 6.33 Å². The number of hydrogen-bond donors (Lipinski definition) is 8. The van der Waals surface area contributed by atoms with Crippen molar-refractivity contribution >= 4 is 41.6 Å². The zero-order valence-electron chi connectivity index (χ0n) is 16.8. The molecule has 3 unspecified atom stereocenters. The molecular formula is C17H25N7O7S. The van der Waals surface area contributed by atoms with Crippen LogP contribution < -0.4 is 16.4 Å². The number of ether oxygens (including phenoxy) is 1. The van der Waals surface area contributed by atoms with Crippen LogP contribution in [0.25, 0.3) is 11.2 Å². The second-order valence-corrected chi connectivity index (χ2v) is 7.60. The first-order chi connectivity index (χ1) is 15.2. The average molecular weight is 471 g/mol. The number of carbonyl (C=O) groups is 2. The molecule has 0 aliphatic carbocycles. The molecule has 14 nitrogen and oxygen atoms in total. The Labute approximate surface area is 187 Å². The fraction of sp³-hybridized carbons (Fsp3) is 0.588. The number of aliphatic carboxylic acids is 1. The first-order valence-electron chi connectivity index (χ1n) is 9.77. The summed E-state index contributed by atoms with van der Waals surface area (Å²) in [7, 11) is 0. The van der Waals surface area contributed by atoms with Crippen LogP contribution in [0.3, 0.4) is 0 Å². The van der Waals surface area contributed by atoms with Crippen LogP contribution in [-0.2, 0) is 14.3 Å². The summed E-state index contributed by atoms with van der Waals surface area (Å²) >= 11 is 4.30. The van der Waals surface area contributed by atoms with Gasteiger partial charge in [0.05, 0.1) is 19.0 Å². The number of nitrogens with zero attached hydrogens (tertiary/aromatic N) is 4. The molecule has 2 aromatic rings. The molecule has 15 heteroatoms. The van der Waals surface area contributed by atoms with Crippen LogP contribution in [0.15, 0.2) is 11.4 Å². The number of rotatable bonds is 10. The lowest BCUT2D eigenvalue weighted by atomic mass is 10.1. The molecule has 32 heavy (non-hydrogen) atoms. The fourth-order valence-corrected chi connectivity index (χ4v) is 3.43. The summed E-state index contributed by atoms with van der Waals surface area (Å²) in [6.45, 7) is -0.0538. The van der Waals surface area contributed by atoms with E-state index in [0.717, 1.165) is 0 Å². The van der Waals surface area contributed by atoms with Gasteiger partial charge in [0, 0.05) is 19.5 Å². The van der Waals surface area contributed by atoms with E-state index in [1.807, 2.05) is 0 Å². The number of thiol groups is 1. The summed E-state index contributed by atoms with van der Waals surface area (Å²) in [6.07, 6.45) is -3.36. The summed E-state index contributed by atoms with van der Waals surface area (Å²) < 4.78 is 6.93. The Balaban J connectivity index is 1.63. The van der Waals surface area contributed by atoms with E-state index in [2.05, 4.69) is 38.2 Å². The maximum Gasteiger partial charge on any atom is 0.303 e. The van der Waals surface area contributed by atoms with E-state index in [1.165, 1.54) is 10.9 Å². The molecule has 3 heterocycles. The van der Waals surface area contributed by atoms with E-state index in [4.69, 9.17) is 15.6 Å². The van der Waals surface area contributed by atoms with E-state index >= 15 is 0 Å². The molecule has 0 saturated carbocycles. The third kappa shape index (κ3) is 5.25. The smallest absolute Gasteiger partial charge is 0.303 e. The van der Waals surface area contributed by atoms with Crippen LogP contribution in [0.5, 0.6) is 0 Å². The number of amides is 1. The maximum atomic E-state index is 11.9. The molecule has 1 aliphatic heterocycles. The molecule has 1 fully saturated rings.